The highest BCUT2D eigenvalue weighted by Gasteiger charge is 2.05. The molecule has 25 heavy (non-hydrogen) atoms. The molecule has 0 radical (unpaired) electrons. The number of anilines is 2. The number of benzene rings is 2. The number of thiocarbonyl (C=S) groups is 1. The average Bonchev–Trinajstić information content (AvgIpc) is 3.08. The minimum atomic E-state index is -0.439. The first-order valence-corrected chi connectivity index (χ1v) is 7.90. The Morgan fingerprint density at radius 3 is 2.56 bits per heavy atom. The van der Waals surface area contributed by atoms with Crippen molar-refractivity contribution in [3.63, 3.8) is 0 Å². The third-order valence-corrected chi connectivity index (χ3v) is 3.63. The first-order valence-electron chi connectivity index (χ1n) is 7.49. The van der Waals surface area contributed by atoms with Crippen molar-refractivity contribution in [3.8, 4) is 0 Å². The van der Waals surface area contributed by atoms with Gasteiger partial charge in [0.15, 0.2) is 5.11 Å². The van der Waals surface area contributed by atoms with Crippen LogP contribution < -0.4 is 10.6 Å². The highest BCUT2D eigenvalue weighted by molar-refractivity contribution is 7.80. The van der Waals surface area contributed by atoms with Crippen LogP contribution >= 0.6 is 12.2 Å². The summed E-state index contributed by atoms with van der Waals surface area (Å²) in [5.74, 6) is 0. The molecule has 2 N–H and O–H groups in total. The zero-order chi connectivity index (χ0) is 17.6. The molecule has 0 atom stereocenters. The van der Waals surface area contributed by atoms with Gasteiger partial charge in [0, 0.05) is 35.9 Å². The number of nitrogens with one attached hydrogen (secondary N) is 2. The fraction of sp³-hybridized carbons (Fsp3) is 0.0588. The van der Waals surface area contributed by atoms with Crippen LogP contribution in [0, 0.1) is 10.1 Å². The van der Waals surface area contributed by atoms with Crippen LogP contribution in [0.3, 0.4) is 0 Å². The lowest BCUT2D eigenvalue weighted by molar-refractivity contribution is -0.384. The maximum atomic E-state index is 10.7. The zero-order valence-corrected chi connectivity index (χ0v) is 13.9. The van der Waals surface area contributed by atoms with E-state index in [0.29, 0.717) is 17.3 Å². The Bertz CT molecular complexity index is 878. The van der Waals surface area contributed by atoms with Gasteiger partial charge >= 0.3 is 0 Å². The molecule has 0 amide bonds. The molecular formula is C17H15N5O2S. The number of rotatable bonds is 5. The van der Waals surface area contributed by atoms with Gasteiger partial charge in [-0.25, -0.2) is 0 Å². The monoisotopic (exact) mass is 353 g/mol. The number of nitro groups is 1. The van der Waals surface area contributed by atoms with Gasteiger partial charge in [0.2, 0.25) is 0 Å². The fourth-order valence-electron chi connectivity index (χ4n) is 2.29. The van der Waals surface area contributed by atoms with Crippen molar-refractivity contribution in [2.45, 2.75) is 6.54 Å². The Morgan fingerprint density at radius 2 is 1.88 bits per heavy atom. The van der Waals surface area contributed by atoms with Crippen LogP contribution in [-0.2, 0) is 6.54 Å². The first kappa shape index (κ1) is 16.6. The van der Waals surface area contributed by atoms with E-state index >= 15 is 0 Å². The predicted molar refractivity (Wildman–Crippen MR) is 101 cm³/mol. The summed E-state index contributed by atoms with van der Waals surface area (Å²) in [7, 11) is 0. The Morgan fingerprint density at radius 1 is 1.12 bits per heavy atom. The molecule has 0 aliphatic carbocycles. The van der Waals surface area contributed by atoms with Crippen LogP contribution in [0.5, 0.6) is 0 Å². The van der Waals surface area contributed by atoms with Crippen molar-refractivity contribution in [2.24, 2.45) is 0 Å². The van der Waals surface area contributed by atoms with E-state index in [1.807, 2.05) is 41.2 Å². The lowest BCUT2D eigenvalue weighted by atomic mass is 10.2. The molecule has 0 saturated carbocycles. The Hall–Kier alpha value is -3.26. The van der Waals surface area contributed by atoms with Gasteiger partial charge in [-0.05, 0) is 48.1 Å². The number of non-ortho nitro benzene ring substituents is 1. The summed E-state index contributed by atoms with van der Waals surface area (Å²) in [6.45, 7) is 0.672. The van der Waals surface area contributed by atoms with Gasteiger partial charge in [-0.15, -0.1) is 0 Å². The second-order valence-electron chi connectivity index (χ2n) is 5.29. The highest BCUT2D eigenvalue weighted by Crippen LogP contribution is 2.16. The average molecular weight is 353 g/mol. The molecule has 0 aliphatic rings. The van der Waals surface area contributed by atoms with E-state index < -0.39 is 4.92 Å². The van der Waals surface area contributed by atoms with Crippen molar-refractivity contribution >= 4 is 34.4 Å². The zero-order valence-electron chi connectivity index (χ0n) is 13.1. The Labute approximate surface area is 149 Å². The number of aromatic nitrogens is 2. The van der Waals surface area contributed by atoms with Crippen LogP contribution in [0.15, 0.2) is 67.0 Å². The van der Waals surface area contributed by atoms with E-state index in [9.17, 15) is 10.1 Å². The highest BCUT2D eigenvalue weighted by atomic mass is 32.1. The molecule has 3 aromatic rings. The van der Waals surface area contributed by atoms with Crippen LogP contribution in [0.2, 0.25) is 0 Å². The van der Waals surface area contributed by atoms with Crippen LogP contribution in [0.4, 0.5) is 17.1 Å². The Kier molecular flexibility index (Phi) is 5.00. The van der Waals surface area contributed by atoms with E-state index in [2.05, 4.69) is 15.7 Å². The first-order chi connectivity index (χ1) is 12.1. The molecule has 1 aromatic heterocycles. The van der Waals surface area contributed by atoms with Gasteiger partial charge < -0.3 is 10.6 Å². The lowest BCUT2D eigenvalue weighted by Gasteiger charge is -2.11. The molecule has 0 spiro atoms. The fourth-order valence-corrected chi connectivity index (χ4v) is 2.52. The minimum absolute atomic E-state index is 0.0377. The van der Waals surface area contributed by atoms with E-state index in [0.717, 1.165) is 11.3 Å². The topological polar surface area (TPSA) is 85.0 Å². The molecule has 126 valence electrons. The molecule has 7 nitrogen and oxygen atoms in total. The SMILES string of the molecule is O=[N+]([O-])c1ccc(NC(=S)Nc2cccc(Cn3cccn3)c2)cc1. The maximum absolute atomic E-state index is 10.7. The Balaban J connectivity index is 1.61. The van der Waals surface area contributed by atoms with Gasteiger partial charge in [0.25, 0.3) is 5.69 Å². The smallest absolute Gasteiger partial charge is 0.269 e. The van der Waals surface area contributed by atoms with Crippen molar-refractivity contribution in [1.29, 1.82) is 0 Å². The van der Waals surface area contributed by atoms with Gasteiger partial charge in [-0.3, -0.25) is 14.8 Å². The van der Waals surface area contributed by atoms with Crippen molar-refractivity contribution in [2.75, 3.05) is 10.6 Å². The quantitative estimate of drug-likeness (QED) is 0.414. The van der Waals surface area contributed by atoms with E-state index in [1.165, 1.54) is 12.1 Å². The summed E-state index contributed by atoms with van der Waals surface area (Å²) in [6, 6.07) is 15.8. The summed E-state index contributed by atoms with van der Waals surface area (Å²) in [5.41, 5.74) is 2.66. The molecule has 0 unspecified atom stereocenters. The van der Waals surface area contributed by atoms with Gasteiger partial charge in [0.1, 0.15) is 0 Å². The van der Waals surface area contributed by atoms with Gasteiger partial charge in [-0.2, -0.15) is 5.10 Å². The third kappa shape index (κ3) is 4.61. The summed E-state index contributed by atoms with van der Waals surface area (Å²) >= 11 is 5.29. The van der Waals surface area contributed by atoms with Crippen molar-refractivity contribution < 1.29 is 4.92 Å². The maximum Gasteiger partial charge on any atom is 0.269 e. The largest absolute Gasteiger partial charge is 0.332 e. The summed E-state index contributed by atoms with van der Waals surface area (Å²) in [4.78, 5) is 10.2. The summed E-state index contributed by atoms with van der Waals surface area (Å²) in [6.07, 6.45) is 3.65. The molecular weight excluding hydrogens is 338 g/mol. The van der Waals surface area contributed by atoms with Crippen molar-refractivity contribution in [3.05, 3.63) is 82.7 Å². The molecule has 8 heteroatoms. The van der Waals surface area contributed by atoms with Crippen LogP contribution in [0.25, 0.3) is 0 Å². The predicted octanol–water partition coefficient (Wildman–Crippen LogP) is 3.65. The lowest BCUT2D eigenvalue weighted by Crippen LogP contribution is -2.19. The van der Waals surface area contributed by atoms with Crippen LogP contribution in [0.1, 0.15) is 5.56 Å². The minimum Gasteiger partial charge on any atom is -0.332 e. The molecule has 0 fully saturated rings. The molecule has 0 saturated heterocycles. The van der Waals surface area contributed by atoms with Crippen LogP contribution in [-0.4, -0.2) is 19.8 Å². The van der Waals surface area contributed by atoms with Crippen molar-refractivity contribution in [1.82, 2.24) is 9.78 Å². The second-order valence-corrected chi connectivity index (χ2v) is 5.70. The normalized spacial score (nSPS) is 10.2. The number of hydrogen-bond acceptors (Lipinski definition) is 4. The summed E-state index contributed by atoms with van der Waals surface area (Å²) in [5, 5.41) is 21.4. The van der Waals surface area contributed by atoms with E-state index in [-0.39, 0.29) is 5.69 Å². The van der Waals surface area contributed by atoms with Gasteiger partial charge in [-0.1, -0.05) is 12.1 Å². The standard InChI is InChI=1S/C17H15N5O2S/c23-22(24)16-7-5-14(6-8-16)19-17(25)20-15-4-1-3-13(11-15)12-21-10-2-9-18-21/h1-11H,12H2,(H2,19,20,25). The number of nitrogens with zero attached hydrogens (tertiary/aromatic N) is 3. The summed E-state index contributed by atoms with van der Waals surface area (Å²) < 4.78 is 1.84. The molecule has 1 heterocycles. The molecule has 0 bridgehead atoms. The number of nitro benzene ring substituents is 1. The number of hydrogen-bond donors (Lipinski definition) is 2. The third-order valence-electron chi connectivity index (χ3n) is 3.42. The van der Waals surface area contributed by atoms with E-state index in [4.69, 9.17) is 12.2 Å². The molecule has 3 rings (SSSR count). The van der Waals surface area contributed by atoms with Gasteiger partial charge in [0.05, 0.1) is 11.5 Å². The molecule has 0 aliphatic heterocycles. The second kappa shape index (κ2) is 7.54. The molecule has 2 aromatic carbocycles. The van der Waals surface area contributed by atoms with E-state index in [1.54, 1.807) is 18.3 Å².